The Bertz CT molecular complexity index is 1690. The molecule has 0 amide bonds. The molecule has 39 heavy (non-hydrogen) atoms. The Morgan fingerprint density at radius 3 is 2.62 bits per heavy atom. The van der Waals surface area contributed by atoms with Gasteiger partial charge in [0.1, 0.15) is 11.8 Å². The number of nitrogens with one attached hydrogen (secondary N) is 2. The number of methoxy groups -OCH3 is 1. The molecular weight excluding hydrogens is 516 g/mol. The minimum absolute atomic E-state index is 0.0440. The standard InChI is InChI=1S/C31H27ClN2O5/c1-3-38-27-10-8-17(14-28(27)37-2)18-12-24-29(25(35)13-18)30(34-23-7-5-4-6-22(23)33-24)21-16-39-26-11-9-19(32)15-20(26)31(21)36/h4-11,14-16,18,30,33-34H,3,12-13H2,1-2H3. The van der Waals surface area contributed by atoms with E-state index in [4.69, 9.17) is 25.5 Å². The van der Waals surface area contributed by atoms with Crippen molar-refractivity contribution >= 4 is 39.7 Å². The van der Waals surface area contributed by atoms with E-state index >= 15 is 0 Å². The molecule has 6 rings (SSSR count). The first kappa shape index (κ1) is 25.1. The van der Waals surface area contributed by atoms with Crippen molar-refractivity contribution in [3.63, 3.8) is 0 Å². The number of para-hydroxylation sites is 2. The van der Waals surface area contributed by atoms with Crippen molar-refractivity contribution in [2.24, 2.45) is 0 Å². The lowest BCUT2D eigenvalue weighted by Gasteiger charge is -2.29. The summed E-state index contributed by atoms with van der Waals surface area (Å²) in [6.07, 6.45) is 2.32. The molecule has 2 atom stereocenters. The molecule has 0 radical (unpaired) electrons. The summed E-state index contributed by atoms with van der Waals surface area (Å²) in [6, 6.07) is 17.8. The first-order valence-corrected chi connectivity index (χ1v) is 13.2. The average molecular weight is 543 g/mol. The lowest BCUT2D eigenvalue weighted by Crippen LogP contribution is -2.29. The first-order chi connectivity index (χ1) is 19.0. The molecule has 7 nitrogen and oxygen atoms in total. The summed E-state index contributed by atoms with van der Waals surface area (Å²) in [4.78, 5) is 27.6. The van der Waals surface area contributed by atoms with Crippen LogP contribution in [-0.4, -0.2) is 19.5 Å². The predicted octanol–water partition coefficient (Wildman–Crippen LogP) is 6.83. The average Bonchev–Trinajstić information content (AvgIpc) is 3.11. The molecule has 0 saturated heterocycles. The molecule has 198 valence electrons. The highest BCUT2D eigenvalue weighted by molar-refractivity contribution is 6.31. The number of anilines is 2. The van der Waals surface area contributed by atoms with Crippen molar-refractivity contribution in [1.29, 1.82) is 0 Å². The van der Waals surface area contributed by atoms with Crippen molar-refractivity contribution in [2.75, 3.05) is 24.4 Å². The second kappa shape index (κ2) is 10.2. The van der Waals surface area contributed by atoms with Gasteiger partial charge in [-0.3, -0.25) is 9.59 Å². The number of allylic oxidation sites excluding steroid dienone is 1. The Balaban J connectivity index is 1.46. The van der Waals surface area contributed by atoms with E-state index in [1.54, 1.807) is 25.3 Å². The number of carbonyl (C=O) groups is 1. The number of halogens is 1. The first-order valence-electron chi connectivity index (χ1n) is 12.9. The van der Waals surface area contributed by atoms with Gasteiger partial charge in [0.2, 0.25) is 0 Å². The van der Waals surface area contributed by atoms with Crippen LogP contribution in [0.4, 0.5) is 11.4 Å². The Hall–Kier alpha value is -4.23. The number of hydrogen-bond donors (Lipinski definition) is 2. The third kappa shape index (κ3) is 4.53. The van der Waals surface area contributed by atoms with Gasteiger partial charge in [-0.2, -0.15) is 0 Å². The second-order valence-corrected chi connectivity index (χ2v) is 10.1. The molecular formula is C31H27ClN2O5. The van der Waals surface area contributed by atoms with E-state index in [9.17, 15) is 9.59 Å². The highest BCUT2D eigenvalue weighted by Gasteiger charge is 2.37. The molecule has 1 aromatic heterocycles. The monoisotopic (exact) mass is 542 g/mol. The van der Waals surface area contributed by atoms with Crippen LogP contribution in [0.15, 0.2) is 87.4 Å². The number of ketones is 1. The molecule has 2 aliphatic rings. The lowest BCUT2D eigenvalue weighted by atomic mass is 9.78. The maximum atomic E-state index is 13.9. The summed E-state index contributed by atoms with van der Waals surface area (Å²) in [7, 11) is 1.61. The van der Waals surface area contributed by atoms with Gasteiger partial charge < -0.3 is 24.5 Å². The van der Waals surface area contributed by atoms with Crippen molar-refractivity contribution in [3.8, 4) is 11.5 Å². The summed E-state index contributed by atoms with van der Waals surface area (Å²) in [5.41, 5.74) is 4.48. The SMILES string of the molecule is CCOc1ccc(C2CC(=O)C3=C(C2)Nc2ccccc2NC3c2coc3ccc(Cl)cc3c2=O)cc1OC. The van der Waals surface area contributed by atoms with Gasteiger partial charge in [-0.1, -0.05) is 29.8 Å². The van der Waals surface area contributed by atoms with E-state index in [0.29, 0.717) is 51.7 Å². The zero-order chi connectivity index (χ0) is 27.1. The van der Waals surface area contributed by atoms with Crippen LogP contribution in [0.3, 0.4) is 0 Å². The summed E-state index contributed by atoms with van der Waals surface area (Å²) < 4.78 is 17.1. The van der Waals surface area contributed by atoms with Crippen LogP contribution >= 0.6 is 11.6 Å². The van der Waals surface area contributed by atoms with Crippen LogP contribution in [0.25, 0.3) is 11.0 Å². The zero-order valence-corrected chi connectivity index (χ0v) is 22.3. The minimum Gasteiger partial charge on any atom is -0.493 e. The molecule has 0 bridgehead atoms. The van der Waals surface area contributed by atoms with E-state index in [0.717, 1.165) is 22.6 Å². The predicted molar refractivity (Wildman–Crippen MR) is 152 cm³/mol. The van der Waals surface area contributed by atoms with Crippen LogP contribution < -0.4 is 25.5 Å². The topological polar surface area (TPSA) is 89.8 Å². The Labute approximate surface area is 230 Å². The van der Waals surface area contributed by atoms with Crippen LogP contribution in [0.5, 0.6) is 11.5 Å². The minimum atomic E-state index is -0.695. The molecule has 4 aromatic rings. The smallest absolute Gasteiger partial charge is 0.198 e. The van der Waals surface area contributed by atoms with Gasteiger partial charge in [-0.05, 0) is 67.3 Å². The molecule has 2 heterocycles. The van der Waals surface area contributed by atoms with Crippen LogP contribution in [-0.2, 0) is 4.79 Å². The van der Waals surface area contributed by atoms with Crippen molar-refractivity contribution < 1.29 is 18.7 Å². The van der Waals surface area contributed by atoms with Gasteiger partial charge in [-0.25, -0.2) is 0 Å². The number of Topliss-reactive ketones (excluding diaryl/α,β-unsaturated/α-hetero) is 1. The fourth-order valence-corrected chi connectivity index (χ4v) is 5.66. The van der Waals surface area contributed by atoms with Gasteiger partial charge >= 0.3 is 0 Å². The maximum Gasteiger partial charge on any atom is 0.198 e. The maximum absolute atomic E-state index is 13.9. The number of hydrogen-bond acceptors (Lipinski definition) is 7. The number of rotatable bonds is 5. The van der Waals surface area contributed by atoms with Crippen LogP contribution in [0.2, 0.25) is 5.02 Å². The van der Waals surface area contributed by atoms with E-state index in [-0.39, 0.29) is 23.6 Å². The summed E-state index contributed by atoms with van der Waals surface area (Å²) in [6.45, 7) is 2.45. The number of benzene rings is 3. The third-order valence-corrected chi connectivity index (χ3v) is 7.58. The zero-order valence-electron chi connectivity index (χ0n) is 21.5. The van der Waals surface area contributed by atoms with Crippen molar-refractivity contribution in [2.45, 2.75) is 31.7 Å². The molecule has 1 aliphatic heterocycles. The molecule has 0 saturated carbocycles. The molecule has 2 unspecified atom stereocenters. The Kier molecular flexibility index (Phi) is 6.53. The van der Waals surface area contributed by atoms with Gasteiger partial charge in [0.25, 0.3) is 0 Å². The molecule has 0 fully saturated rings. The Morgan fingerprint density at radius 1 is 1.00 bits per heavy atom. The lowest BCUT2D eigenvalue weighted by molar-refractivity contribution is -0.116. The van der Waals surface area contributed by atoms with E-state index in [1.807, 2.05) is 49.4 Å². The molecule has 3 aromatic carbocycles. The fraction of sp³-hybridized carbons (Fsp3) is 0.226. The fourth-order valence-electron chi connectivity index (χ4n) is 5.49. The summed E-state index contributed by atoms with van der Waals surface area (Å²) in [5, 5.41) is 7.77. The third-order valence-electron chi connectivity index (χ3n) is 7.34. The number of fused-ring (bicyclic) bond motifs is 2. The second-order valence-electron chi connectivity index (χ2n) is 9.67. The number of carbonyl (C=O) groups excluding carboxylic acids is 1. The van der Waals surface area contributed by atoms with Crippen LogP contribution in [0.1, 0.15) is 42.9 Å². The van der Waals surface area contributed by atoms with E-state index in [2.05, 4.69) is 10.6 Å². The largest absolute Gasteiger partial charge is 0.493 e. The van der Waals surface area contributed by atoms with E-state index < -0.39 is 6.04 Å². The van der Waals surface area contributed by atoms with Gasteiger partial charge in [0.05, 0.1) is 42.1 Å². The molecule has 0 spiro atoms. The van der Waals surface area contributed by atoms with Crippen molar-refractivity contribution in [1.82, 2.24) is 0 Å². The summed E-state index contributed by atoms with van der Waals surface area (Å²) >= 11 is 6.19. The highest BCUT2D eigenvalue weighted by Crippen LogP contribution is 2.45. The van der Waals surface area contributed by atoms with Crippen molar-refractivity contribution in [3.05, 3.63) is 105 Å². The quantitative estimate of drug-likeness (QED) is 0.285. The number of ether oxygens (including phenoxy) is 2. The molecule has 1 aliphatic carbocycles. The van der Waals surface area contributed by atoms with Gasteiger partial charge in [-0.15, -0.1) is 0 Å². The van der Waals surface area contributed by atoms with Gasteiger partial charge in [0.15, 0.2) is 22.7 Å². The summed E-state index contributed by atoms with van der Waals surface area (Å²) in [5.74, 6) is 1.18. The Morgan fingerprint density at radius 2 is 1.82 bits per heavy atom. The van der Waals surface area contributed by atoms with Crippen LogP contribution in [0, 0.1) is 0 Å². The van der Waals surface area contributed by atoms with Gasteiger partial charge in [0, 0.05) is 22.7 Å². The van der Waals surface area contributed by atoms with E-state index in [1.165, 1.54) is 6.26 Å². The molecule has 2 N–H and O–H groups in total. The normalized spacial score (nSPS) is 18.5. The molecule has 8 heteroatoms. The highest BCUT2D eigenvalue weighted by atomic mass is 35.5.